The minimum Gasteiger partial charge on any atom is -0.312 e. The Kier molecular flexibility index (Phi) is 2.20. The third-order valence-corrected chi connectivity index (χ3v) is 2.23. The van der Waals surface area contributed by atoms with Crippen molar-refractivity contribution in [2.24, 2.45) is 5.41 Å². The number of nitrogens with zero attached hydrogens (tertiary/aromatic N) is 1. The van der Waals surface area contributed by atoms with Crippen molar-refractivity contribution in [1.29, 1.82) is 5.26 Å². The molecular formula is C9H16N2. The van der Waals surface area contributed by atoms with Crippen LogP contribution in [0.25, 0.3) is 0 Å². The van der Waals surface area contributed by atoms with E-state index in [-0.39, 0.29) is 5.41 Å². The van der Waals surface area contributed by atoms with Crippen molar-refractivity contribution in [2.45, 2.75) is 45.7 Å². The summed E-state index contributed by atoms with van der Waals surface area (Å²) in [5.74, 6) is 0. The van der Waals surface area contributed by atoms with E-state index in [9.17, 15) is 0 Å². The maximum absolute atomic E-state index is 8.72. The van der Waals surface area contributed by atoms with Crippen LogP contribution in [0.5, 0.6) is 0 Å². The third-order valence-electron chi connectivity index (χ3n) is 2.23. The second-order valence-electron chi connectivity index (χ2n) is 4.10. The first-order valence-corrected chi connectivity index (χ1v) is 4.23. The molecule has 1 aliphatic carbocycles. The topological polar surface area (TPSA) is 35.8 Å². The highest BCUT2D eigenvalue weighted by atomic mass is 15.0. The number of nitrogens with one attached hydrogen (secondary N) is 1. The van der Waals surface area contributed by atoms with Crippen molar-refractivity contribution in [2.75, 3.05) is 0 Å². The summed E-state index contributed by atoms with van der Waals surface area (Å²) in [5, 5.41) is 12.1. The van der Waals surface area contributed by atoms with Gasteiger partial charge in [-0.3, -0.25) is 0 Å². The van der Waals surface area contributed by atoms with Crippen LogP contribution in [-0.4, -0.2) is 12.1 Å². The molecular weight excluding hydrogens is 136 g/mol. The molecule has 2 heteroatoms. The van der Waals surface area contributed by atoms with Crippen LogP contribution in [0.15, 0.2) is 0 Å². The third kappa shape index (κ3) is 1.94. The summed E-state index contributed by atoms with van der Waals surface area (Å²) in [6.07, 6.45) is 2.03. The van der Waals surface area contributed by atoms with Gasteiger partial charge in [0, 0.05) is 12.1 Å². The van der Waals surface area contributed by atoms with Crippen LogP contribution in [0.1, 0.15) is 33.6 Å². The van der Waals surface area contributed by atoms with Crippen LogP contribution in [0.4, 0.5) is 0 Å². The summed E-state index contributed by atoms with van der Waals surface area (Å²) in [6.45, 7) is 6.32. The van der Waals surface area contributed by atoms with Crippen LogP contribution in [0, 0.1) is 16.7 Å². The van der Waals surface area contributed by atoms with Gasteiger partial charge in [0.25, 0.3) is 0 Å². The Morgan fingerprint density at radius 1 is 1.55 bits per heavy atom. The van der Waals surface area contributed by atoms with Crippen molar-refractivity contribution < 1.29 is 0 Å². The average Bonchev–Trinajstić information content (AvgIpc) is 1.83. The predicted molar refractivity (Wildman–Crippen MR) is 45.0 cm³/mol. The molecule has 62 valence electrons. The Hall–Kier alpha value is -0.550. The molecule has 2 nitrogen and oxygen atoms in total. The lowest BCUT2D eigenvalue weighted by molar-refractivity contribution is 0.160. The number of rotatable bonds is 2. The van der Waals surface area contributed by atoms with Crippen LogP contribution >= 0.6 is 0 Å². The summed E-state index contributed by atoms with van der Waals surface area (Å²) in [5.41, 5.74) is -0.0352. The van der Waals surface area contributed by atoms with Crippen molar-refractivity contribution in [3.8, 4) is 6.07 Å². The Balaban J connectivity index is 2.25. The molecule has 0 unspecified atom stereocenters. The van der Waals surface area contributed by atoms with Crippen molar-refractivity contribution >= 4 is 0 Å². The second kappa shape index (κ2) is 2.83. The van der Waals surface area contributed by atoms with E-state index in [0.29, 0.717) is 12.1 Å². The molecule has 0 atom stereocenters. The minimum atomic E-state index is -0.0352. The Morgan fingerprint density at radius 2 is 2.09 bits per heavy atom. The first-order chi connectivity index (χ1) is 5.06. The molecule has 0 saturated heterocycles. The highest BCUT2D eigenvalue weighted by molar-refractivity contribution is 5.07. The molecule has 0 spiro atoms. The SMILES string of the molecule is CC(C)NC1CC(C)(C#N)C1. The molecule has 0 aliphatic heterocycles. The zero-order chi connectivity index (χ0) is 8.48. The maximum atomic E-state index is 8.72. The van der Waals surface area contributed by atoms with Gasteiger partial charge in [0.15, 0.2) is 0 Å². The smallest absolute Gasteiger partial charge is 0.0688 e. The standard InChI is InChI=1S/C9H16N2/c1-7(2)11-8-4-9(3,5-8)6-10/h7-8,11H,4-5H2,1-3H3. The summed E-state index contributed by atoms with van der Waals surface area (Å²) >= 11 is 0. The van der Waals surface area contributed by atoms with E-state index in [4.69, 9.17) is 5.26 Å². The molecule has 0 aromatic carbocycles. The van der Waals surface area contributed by atoms with E-state index >= 15 is 0 Å². The maximum Gasteiger partial charge on any atom is 0.0688 e. The van der Waals surface area contributed by atoms with Crippen molar-refractivity contribution in [1.82, 2.24) is 5.32 Å². The molecule has 0 amide bonds. The lowest BCUT2D eigenvalue weighted by Crippen LogP contribution is -2.48. The molecule has 11 heavy (non-hydrogen) atoms. The van der Waals surface area contributed by atoms with Crippen LogP contribution in [-0.2, 0) is 0 Å². The van der Waals surface area contributed by atoms with Crippen LogP contribution in [0.2, 0.25) is 0 Å². The Bertz CT molecular complexity index is 172. The average molecular weight is 152 g/mol. The fraction of sp³-hybridized carbons (Fsp3) is 0.889. The number of nitriles is 1. The first-order valence-electron chi connectivity index (χ1n) is 4.23. The molecule has 0 aromatic rings. The molecule has 0 bridgehead atoms. The normalized spacial score (nSPS) is 36.5. The van der Waals surface area contributed by atoms with Gasteiger partial charge in [0.2, 0.25) is 0 Å². The van der Waals surface area contributed by atoms with Gasteiger partial charge < -0.3 is 5.32 Å². The zero-order valence-corrected chi connectivity index (χ0v) is 7.52. The molecule has 1 rings (SSSR count). The van der Waals surface area contributed by atoms with E-state index < -0.39 is 0 Å². The quantitative estimate of drug-likeness (QED) is 0.653. The predicted octanol–water partition coefficient (Wildman–Crippen LogP) is 1.68. The fourth-order valence-electron chi connectivity index (χ4n) is 1.71. The van der Waals surface area contributed by atoms with Crippen LogP contribution < -0.4 is 5.32 Å². The summed E-state index contributed by atoms with van der Waals surface area (Å²) in [6, 6.07) is 3.47. The van der Waals surface area contributed by atoms with E-state index in [1.165, 1.54) is 0 Å². The van der Waals surface area contributed by atoms with Gasteiger partial charge in [-0.05, 0) is 19.8 Å². The van der Waals surface area contributed by atoms with E-state index in [1.54, 1.807) is 0 Å². The van der Waals surface area contributed by atoms with Gasteiger partial charge in [-0.1, -0.05) is 13.8 Å². The lowest BCUT2D eigenvalue weighted by atomic mass is 9.68. The van der Waals surface area contributed by atoms with Crippen molar-refractivity contribution in [3.05, 3.63) is 0 Å². The van der Waals surface area contributed by atoms with Gasteiger partial charge >= 0.3 is 0 Å². The monoisotopic (exact) mass is 152 g/mol. The molecule has 0 aromatic heterocycles. The summed E-state index contributed by atoms with van der Waals surface area (Å²) in [4.78, 5) is 0. The Morgan fingerprint density at radius 3 is 2.45 bits per heavy atom. The highest BCUT2D eigenvalue weighted by Gasteiger charge is 2.40. The zero-order valence-electron chi connectivity index (χ0n) is 7.52. The van der Waals surface area contributed by atoms with Gasteiger partial charge in [0.1, 0.15) is 0 Å². The van der Waals surface area contributed by atoms with Gasteiger partial charge in [0.05, 0.1) is 11.5 Å². The molecule has 1 aliphatic rings. The molecule has 1 N–H and O–H groups in total. The van der Waals surface area contributed by atoms with Crippen molar-refractivity contribution in [3.63, 3.8) is 0 Å². The Labute approximate surface area is 68.6 Å². The van der Waals surface area contributed by atoms with Gasteiger partial charge in [-0.25, -0.2) is 0 Å². The van der Waals surface area contributed by atoms with E-state index in [2.05, 4.69) is 25.2 Å². The molecule has 0 heterocycles. The summed E-state index contributed by atoms with van der Waals surface area (Å²) in [7, 11) is 0. The summed E-state index contributed by atoms with van der Waals surface area (Å²) < 4.78 is 0. The van der Waals surface area contributed by atoms with Crippen LogP contribution in [0.3, 0.4) is 0 Å². The molecule has 1 saturated carbocycles. The number of hydrogen-bond acceptors (Lipinski definition) is 2. The molecule has 1 fully saturated rings. The number of hydrogen-bond donors (Lipinski definition) is 1. The molecule has 0 radical (unpaired) electrons. The first kappa shape index (κ1) is 8.55. The lowest BCUT2D eigenvalue weighted by Gasteiger charge is -2.41. The van der Waals surface area contributed by atoms with Gasteiger partial charge in [-0.15, -0.1) is 0 Å². The van der Waals surface area contributed by atoms with Gasteiger partial charge in [-0.2, -0.15) is 5.26 Å². The second-order valence-corrected chi connectivity index (χ2v) is 4.10. The minimum absolute atomic E-state index is 0.0352. The highest BCUT2D eigenvalue weighted by Crippen LogP contribution is 2.39. The largest absolute Gasteiger partial charge is 0.312 e. The van der Waals surface area contributed by atoms with E-state index in [1.807, 2.05) is 6.92 Å². The fourth-order valence-corrected chi connectivity index (χ4v) is 1.71. The van der Waals surface area contributed by atoms with E-state index in [0.717, 1.165) is 12.8 Å².